The molecular weight excluding hydrogens is 1800 g/mol. The van der Waals surface area contributed by atoms with Gasteiger partial charge in [0.05, 0.1) is 37.0 Å². The average Bonchev–Trinajstić information content (AvgIpc) is 1.22. The van der Waals surface area contributed by atoms with Crippen LogP contribution in [0.2, 0.25) is 0 Å². The molecule has 5 aromatic rings. The first kappa shape index (κ1) is 112. The van der Waals surface area contributed by atoms with Crippen molar-refractivity contribution in [3.8, 4) is 22.3 Å². The molecule has 2 fully saturated rings. The molecule has 750 valence electrons. The number of carboxylic acid groups (broad SMARTS) is 1. The number of carboxylic acids is 1. The molecule has 2 aliphatic heterocycles. The van der Waals surface area contributed by atoms with E-state index in [1.807, 2.05) is 72.8 Å². The standard InChI is InChI=1S/C97H135N19O21S/c1-56(2)82(97(137)115-47-23-33-76(115)85(101)125)112-91(131)72(50-62-25-13-10-14-26-62)106-80(121)55-138-54-75(89(129)103-53-79(120)105-70(84(100)124)32-20-22-46-102-88(128)69(99)31-19-21-45-98)110-92(132)77-34-24-48-116(77)94(134)58(4)104-90(130)71(43-44-81(122)123)107-86(126)59(5)113(8)95(135)73(51-63-35-39-67(40-36-63)65-27-15-11-16-28-65)108-87(127)60(6)114(9)96(136)74(109-93(133)83(61(7)118)111-78(119)49-57(3)117)52-64-37-41-68(42-38-64)66-29-17-12-18-30-66/h10-18,25-30,35-42,56-61,69-77,82-83,117-118H,19-24,31-34,43-55,98-99H2,1-9H3,(H2,100,124)(H2,101,125)(H,102,128)(H,103,129)(H,104,130)(H,105,120)(H,106,121)(H,107,126)(H,108,127)(H,109,133)(H,110,132)(H,111,119)(H,112,131)(H,122,123)/t57-,58+,59+,60+,61-,69+,70+,71+,72+,73+,74+,75+,76+,77+,82+,83+/m1/s1. The molecule has 0 unspecified atom stereocenters. The predicted octanol–water partition coefficient (Wildman–Crippen LogP) is -0.657. The minimum atomic E-state index is -1.72. The number of aliphatic hydroxyl groups excluding tert-OH is 2. The van der Waals surface area contributed by atoms with Gasteiger partial charge in [-0.1, -0.05) is 160 Å². The Labute approximate surface area is 807 Å². The maximum absolute atomic E-state index is 15.2. The van der Waals surface area contributed by atoms with Crippen molar-refractivity contribution >= 4 is 118 Å². The monoisotopic (exact) mass is 1930 g/mol. The highest BCUT2D eigenvalue weighted by atomic mass is 32.2. The third-order valence-electron chi connectivity index (χ3n) is 24.1. The normalized spacial score (nSPS) is 16.4. The molecule has 0 saturated carbocycles. The lowest BCUT2D eigenvalue weighted by Crippen LogP contribution is -2.61. The van der Waals surface area contributed by atoms with Gasteiger partial charge in [0.2, 0.25) is 100 Å². The number of primary amides is 2. The minimum Gasteiger partial charge on any atom is -0.481 e. The molecule has 40 nitrogen and oxygen atoms in total. The summed E-state index contributed by atoms with van der Waals surface area (Å²) in [6.45, 7) is 9.93. The maximum atomic E-state index is 15.2. The van der Waals surface area contributed by atoms with E-state index < -0.39 is 241 Å². The molecule has 0 aromatic heterocycles. The van der Waals surface area contributed by atoms with Crippen LogP contribution in [0.1, 0.15) is 149 Å². The second kappa shape index (κ2) is 55.8. The number of nitrogens with zero attached hydrogens (tertiary/aromatic N) is 4. The van der Waals surface area contributed by atoms with Crippen LogP contribution < -0.4 is 81.4 Å². The van der Waals surface area contributed by atoms with Crippen LogP contribution in [0.3, 0.4) is 0 Å². The zero-order valence-corrected chi connectivity index (χ0v) is 80.4. The van der Waals surface area contributed by atoms with Crippen molar-refractivity contribution in [1.82, 2.24) is 78.1 Å². The van der Waals surface area contributed by atoms with Gasteiger partial charge in [-0.05, 0) is 150 Å². The topological polar surface area (TPSA) is 617 Å². The fraction of sp³-hybridized carbons (Fsp3) is 0.505. The zero-order chi connectivity index (χ0) is 102. The number of hydrogen-bond donors (Lipinski definition) is 18. The van der Waals surface area contributed by atoms with E-state index in [0.717, 1.165) is 48.7 Å². The molecule has 2 saturated heterocycles. The van der Waals surface area contributed by atoms with Crippen LogP contribution in [0.25, 0.3) is 22.3 Å². The third-order valence-corrected chi connectivity index (χ3v) is 25.1. The minimum absolute atomic E-state index is 0.00797. The van der Waals surface area contributed by atoms with Crippen molar-refractivity contribution in [1.29, 1.82) is 0 Å². The molecule has 2 heterocycles. The maximum Gasteiger partial charge on any atom is 0.303 e. The van der Waals surface area contributed by atoms with Crippen molar-refractivity contribution in [3.05, 3.63) is 156 Å². The zero-order valence-electron chi connectivity index (χ0n) is 79.6. The van der Waals surface area contributed by atoms with Crippen molar-refractivity contribution in [2.75, 3.05) is 58.3 Å². The first-order valence-corrected chi connectivity index (χ1v) is 47.7. The molecule has 0 bridgehead atoms. The van der Waals surface area contributed by atoms with Gasteiger partial charge in [0.25, 0.3) is 0 Å². The second-order valence-electron chi connectivity index (χ2n) is 35.3. The van der Waals surface area contributed by atoms with E-state index in [0.29, 0.717) is 68.2 Å². The lowest BCUT2D eigenvalue weighted by Gasteiger charge is -2.33. The summed E-state index contributed by atoms with van der Waals surface area (Å²) in [6, 6.07) is 22.5. The number of aliphatic hydroxyl groups is 2. The number of carbonyl (C=O) groups is 18. The Hall–Kier alpha value is -13.2. The molecule has 0 aliphatic carbocycles. The Morgan fingerprint density at radius 2 is 0.928 bits per heavy atom. The highest BCUT2D eigenvalue weighted by Gasteiger charge is 2.43. The number of benzene rings is 5. The molecule has 17 amide bonds. The number of hydrogen-bond acceptors (Lipinski definition) is 23. The van der Waals surface area contributed by atoms with Gasteiger partial charge in [0, 0.05) is 65.2 Å². The summed E-state index contributed by atoms with van der Waals surface area (Å²) in [4.78, 5) is 255. The number of carbonyl (C=O) groups excluding carboxylic acids is 17. The van der Waals surface area contributed by atoms with Gasteiger partial charge >= 0.3 is 5.97 Å². The Bertz CT molecular complexity index is 4990. The first-order chi connectivity index (χ1) is 65.6. The van der Waals surface area contributed by atoms with E-state index in [1.165, 1.54) is 53.6 Å². The number of nitrogens with two attached hydrogens (primary N) is 4. The van der Waals surface area contributed by atoms with Gasteiger partial charge in [0.1, 0.15) is 78.5 Å². The van der Waals surface area contributed by atoms with E-state index in [2.05, 4.69) is 58.5 Å². The number of amides is 17. The molecule has 41 heteroatoms. The fourth-order valence-corrected chi connectivity index (χ4v) is 16.7. The lowest BCUT2D eigenvalue weighted by atomic mass is 9.99. The molecule has 7 rings (SSSR count). The van der Waals surface area contributed by atoms with Crippen LogP contribution in [-0.4, -0.2) is 296 Å². The van der Waals surface area contributed by atoms with Crippen LogP contribution >= 0.6 is 11.8 Å². The Morgan fingerprint density at radius 3 is 1.43 bits per heavy atom. The van der Waals surface area contributed by atoms with Gasteiger partial charge in [-0.3, -0.25) is 86.3 Å². The summed E-state index contributed by atoms with van der Waals surface area (Å²) >= 11 is 0.812. The SMILES string of the molecule is CC(C)[C@H](NC(=O)[C@H](Cc1ccccc1)NC(=O)CSC[C@H](NC(=O)[C@@H]1CCCN1C(=O)[C@H](C)NC(=O)[C@H](CCC(=O)O)NC(=O)[C@H](C)N(C)C(=O)[C@H](Cc1ccc(-c2ccccc2)cc1)NC(=O)[C@H](C)N(C)C(=O)[C@H](Cc1ccc(-c2ccccc2)cc1)NC(=O)[C@@H](NC(=O)C[C@@H](C)O)[C@@H](C)O)C(=O)NCC(=O)N[C@@H](CCCCNC(=O)[C@@H](N)CCCCN)C(N)=O)C(=O)N1CCC[C@H]1C(N)=O. The summed E-state index contributed by atoms with van der Waals surface area (Å²) in [5, 5.41) is 59.3. The summed E-state index contributed by atoms with van der Waals surface area (Å²) in [6.07, 6.45) is -1.25. The van der Waals surface area contributed by atoms with Crippen molar-refractivity contribution in [2.45, 2.75) is 248 Å². The molecule has 16 atom stereocenters. The number of nitrogens with one attached hydrogen (secondary N) is 11. The number of likely N-dealkylation sites (N-methyl/N-ethyl adjacent to an activating group) is 2. The van der Waals surface area contributed by atoms with Crippen LogP contribution in [0.5, 0.6) is 0 Å². The van der Waals surface area contributed by atoms with Gasteiger partial charge in [-0.15, -0.1) is 11.8 Å². The quantitative estimate of drug-likeness (QED) is 0.0215. The molecular formula is C97H135N19O21S. The number of unbranched alkanes of at least 4 members (excludes halogenated alkanes) is 2. The number of rotatable bonds is 55. The van der Waals surface area contributed by atoms with Gasteiger partial charge in [0.15, 0.2) is 0 Å². The number of aliphatic carboxylic acids is 1. The van der Waals surface area contributed by atoms with Gasteiger partial charge in [-0.2, -0.15) is 0 Å². The van der Waals surface area contributed by atoms with Crippen LogP contribution in [0, 0.1) is 5.92 Å². The molecule has 22 N–H and O–H groups in total. The Morgan fingerprint density at radius 1 is 0.449 bits per heavy atom. The van der Waals surface area contributed by atoms with E-state index in [4.69, 9.17) is 22.9 Å². The third kappa shape index (κ3) is 35.1. The van der Waals surface area contributed by atoms with Crippen molar-refractivity contribution < 1.29 is 102 Å². The lowest BCUT2D eigenvalue weighted by molar-refractivity contribution is -0.145. The molecule has 138 heavy (non-hydrogen) atoms. The van der Waals surface area contributed by atoms with Crippen LogP contribution in [0.15, 0.2) is 140 Å². The predicted molar refractivity (Wildman–Crippen MR) is 514 cm³/mol. The van der Waals surface area contributed by atoms with Crippen molar-refractivity contribution in [2.24, 2.45) is 28.9 Å². The molecule has 2 aliphatic rings. The highest BCUT2D eigenvalue weighted by molar-refractivity contribution is 8.00. The molecule has 5 aromatic carbocycles. The van der Waals surface area contributed by atoms with Crippen LogP contribution in [0.4, 0.5) is 0 Å². The average molecular weight is 1940 g/mol. The van der Waals surface area contributed by atoms with Crippen LogP contribution in [-0.2, 0) is 106 Å². The molecule has 0 spiro atoms. The van der Waals surface area contributed by atoms with E-state index in [1.54, 1.807) is 80.6 Å². The summed E-state index contributed by atoms with van der Waals surface area (Å²) in [7, 11) is 2.53. The van der Waals surface area contributed by atoms with E-state index >= 15 is 4.79 Å². The second-order valence-corrected chi connectivity index (χ2v) is 36.3. The Kier molecular flexibility index (Phi) is 45.2. The summed E-state index contributed by atoms with van der Waals surface area (Å²) in [5.41, 5.74) is 28.0. The largest absolute Gasteiger partial charge is 0.481 e. The summed E-state index contributed by atoms with van der Waals surface area (Å²) in [5.74, 6) is -16.8. The number of thioether (sulfide) groups is 1. The fourth-order valence-electron chi connectivity index (χ4n) is 15.8. The Balaban J connectivity index is 1.07. The van der Waals surface area contributed by atoms with E-state index in [9.17, 15) is 96.8 Å². The smallest absolute Gasteiger partial charge is 0.303 e. The number of likely N-dealkylation sites (tertiary alicyclic amines) is 2. The highest BCUT2D eigenvalue weighted by Crippen LogP contribution is 2.26. The van der Waals surface area contributed by atoms with E-state index in [-0.39, 0.29) is 64.1 Å². The summed E-state index contributed by atoms with van der Waals surface area (Å²) < 4.78 is 0. The van der Waals surface area contributed by atoms with Crippen molar-refractivity contribution in [3.63, 3.8) is 0 Å². The first-order valence-electron chi connectivity index (χ1n) is 46.5. The van der Waals surface area contributed by atoms with Gasteiger partial charge in [-0.25, -0.2) is 0 Å². The molecule has 0 radical (unpaired) electrons. The van der Waals surface area contributed by atoms with Gasteiger partial charge < -0.3 is 116 Å².